The fourth-order valence-corrected chi connectivity index (χ4v) is 2.55. The molecule has 0 radical (unpaired) electrons. The first-order valence-corrected chi connectivity index (χ1v) is 6.70. The Kier molecular flexibility index (Phi) is 4.30. The van der Waals surface area contributed by atoms with E-state index in [1.807, 2.05) is 6.92 Å². The highest BCUT2D eigenvalue weighted by Crippen LogP contribution is 2.19. The molecule has 0 bridgehead atoms. The van der Waals surface area contributed by atoms with Crippen LogP contribution < -0.4 is 4.72 Å². The van der Waals surface area contributed by atoms with Crippen molar-refractivity contribution in [3.05, 3.63) is 17.6 Å². The maximum Gasteiger partial charge on any atom is 0.371 e. The van der Waals surface area contributed by atoms with Crippen molar-refractivity contribution in [2.75, 3.05) is 6.54 Å². The molecule has 0 aliphatic heterocycles. The van der Waals surface area contributed by atoms with E-state index >= 15 is 0 Å². The van der Waals surface area contributed by atoms with Gasteiger partial charge in [-0.05, 0) is 13.3 Å². The molecule has 1 heterocycles. The van der Waals surface area contributed by atoms with Gasteiger partial charge in [0.15, 0.2) is 0 Å². The molecule has 0 saturated heterocycles. The monoisotopic (exact) mass is 261 g/mol. The number of carboxylic acid groups (broad SMARTS) is 1. The van der Waals surface area contributed by atoms with Gasteiger partial charge in [-0.25, -0.2) is 17.9 Å². The molecule has 0 amide bonds. The zero-order valence-corrected chi connectivity index (χ0v) is 10.5. The zero-order chi connectivity index (χ0) is 13.1. The Morgan fingerprint density at radius 3 is 2.65 bits per heavy atom. The van der Waals surface area contributed by atoms with E-state index in [1.54, 1.807) is 0 Å². The normalized spacial score (nSPS) is 11.6. The molecule has 0 aromatic carbocycles. The summed E-state index contributed by atoms with van der Waals surface area (Å²) >= 11 is 0. The number of carbonyl (C=O) groups is 1. The van der Waals surface area contributed by atoms with Gasteiger partial charge >= 0.3 is 5.97 Å². The number of furan rings is 1. The summed E-state index contributed by atoms with van der Waals surface area (Å²) in [5, 5.41) is 8.69. The van der Waals surface area contributed by atoms with Crippen LogP contribution in [0.3, 0.4) is 0 Å². The standard InChI is InChI=1S/C10H15NO5S/c1-3-4-5-11-17(14,15)9-6-8(10(12)13)16-7(9)2/h6,11H,3-5H2,1-2H3,(H,12,13). The highest BCUT2D eigenvalue weighted by Gasteiger charge is 2.23. The van der Waals surface area contributed by atoms with Gasteiger partial charge in [0.2, 0.25) is 15.8 Å². The molecule has 1 rings (SSSR count). The van der Waals surface area contributed by atoms with Gasteiger partial charge in [0.1, 0.15) is 10.7 Å². The molecule has 1 aromatic heterocycles. The molecule has 0 fully saturated rings. The summed E-state index contributed by atoms with van der Waals surface area (Å²) in [5.41, 5.74) is 0. The molecule has 0 unspecified atom stereocenters. The van der Waals surface area contributed by atoms with Crippen LogP contribution in [0.5, 0.6) is 0 Å². The summed E-state index contributed by atoms with van der Waals surface area (Å²) in [7, 11) is -3.68. The second-order valence-corrected chi connectivity index (χ2v) is 5.32. The summed E-state index contributed by atoms with van der Waals surface area (Å²) in [6.45, 7) is 3.69. The van der Waals surface area contributed by atoms with E-state index in [2.05, 4.69) is 4.72 Å². The molecular weight excluding hydrogens is 246 g/mol. The molecule has 2 N–H and O–H groups in total. The number of aromatic carboxylic acids is 1. The topological polar surface area (TPSA) is 96.6 Å². The Bertz CT molecular complexity index is 503. The number of aryl methyl sites for hydroxylation is 1. The predicted molar refractivity (Wildman–Crippen MR) is 60.5 cm³/mol. The molecule has 0 atom stereocenters. The summed E-state index contributed by atoms with van der Waals surface area (Å²) < 4.78 is 30.8. The van der Waals surface area contributed by atoms with Gasteiger partial charge in [0.25, 0.3) is 0 Å². The predicted octanol–water partition coefficient (Wildman–Crippen LogP) is 1.36. The number of hydrogen-bond donors (Lipinski definition) is 2. The molecule has 0 aliphatic carbocycles. The summed E-state index contributed by atoms with van der Waals surface area (Å²) in [5.74, 6) is -1.59. The van der Waals surface area contributed by atoms with Crippen LogP contribution in [0.1, 0.15) is 36.1 Å². The second-order valence-electron chi connectivity index (χ2n) is 3.59. The summed E-state index contributed by atoms with van der Waals surface area (Å²) in [6.07, 6.45) is 1.59. The molecule has 7 heteroatoms. The average molecular weight is 261 g/mol. The third-order valence-corrected chi connectivity index (χ3v) is 3.76. The minimum absolute atomic E-state index is 0.0754. The van der Waals surface area contributed by atoms with Crippen LogP contribution in [-0.4, -0.2) is 26.0 Å². The molecule has 1 aromatic rings. The van der Waals surface area contributed by atoms with Crippen molar-refractivity contribution in [2.45, 2.75) is 31.6 Å². The number of rotatable bonds is 6. The van der Waals surface area contributed by atoms with E-state index in [1.165, 1.54) is 6.92 Å². The molecule has 0 aliphatic rings. The minimum Gasteiger partial charge on any atom is -0.475 e. The molecule has 17 heavy (non-hydrogen) atoms. The van der Waals surface area contributed by atoms with Crippen molar-refractivity contribution < 1.29 is 22.7 Å². The maximum absolute atomic E-state index is 11.8. The molecule has 0 spiro atoms. The number of carboxylic acids is 1. The Labute approximate surface area is 99.7 Å². The van der Waals surface area contributed by atoms with Crippen LogP contribution in [0.15, 0.2) is 15.4 Å². The van der Waals surface area contributed by atoms with Crippen molar-refractivity contribution in [1.29, 1.82) is 0 Å². The maximum atomic E-state index is 11.8. The minimum atomic E-state index is -3.68. The summed E-state index contributed by atoms with van der Waals surface area (Å²) in [4.78, 5) is 10.5. The molecule has 96 valence electrons. The Hall–Kier alpha value is -1.34. The van der Waals surface area contributed by atoms with Crippen molar-refractivity contribution in [2.24, 2.45) is 0 Å². The SMILES string of the molecule is CCCCNS(=O)(=O)c1cc(C(=O)O)oc1C. The first-order chi connectivity index (χ1) is 7.88. The lowest BCUT2D eigenvalue weighted by Crippen LogP contribution is -2.24. The highest BCUT2D eigenvalue weighted by atomic mass is 32.2. The van der Waals surface area contributed by atoms with Crippen molar-refractivity contribution in [1.82, 2.24) is 4.72 Å². The number of hydrogen-bond acceptors (Lipinski definition) is 4. The van der Waals surface area contributed by atoms with Crippen LogP contribution >= 0.6 is 0 Å². The number of unbranched alkanes of at least 4 members (excludes halogenated alkanes) is 1. The van der Waals surface area contributed by atoms with Crippen LogP contribution in [0.25, 0.3) is 0 Å². The Morgan fingerprint density at radius 1 is 1.53 bits per heavy atom. The van der Waals surface area contributed by atoms with Crippen molar-refractivity contribution in [3.8, 4) is 0 Å². The van der Waals surface area contributed by atoms with Gasteiger partial charge in [-0.15, -0.1) is 0 Å². The van der Waals surface area contributed by atoms with E-state index in [9.17, 15) is 13.2 Å². The first-order valence-electron chi connectivity index (χ1n) is 5.22. The van der Waals surface area contributed by atoms with Crippen LogP contribution in [0.4, 0.5) is 0 Å². The van der Waals surface area contributed by atoms with Crippen LogP contribution in [0.2, 0.25) is 0 Å². The quantitative estimate of drug-likeness (QED) is 0.754. The highest BCUT2D eigenvalue weighted by molar-refractivity contribution is 7.89. The van der Waals surface area contributed by atoms with Crippen LogP contribution in [-0.2, 0) is 10.0 Å². The second kappa shape index (κ2) is 5.33. The number of sulfonamides is 1. The van der Waals surface area contributed by atoms with Crippen molar-refractivity contribution >= 4 is 16.0 Å². The van der Waals surface area contributed by atoms with Crippen molar-refractivity contribution in [3.63, 3.8) is 0 Å². The smallest absolute Gasteiger partial charge is 0.371 e. The number of nitrogens with one attached hydrogen (secondary N) is 1. The lowest BCUT2D eigenvalue weighted by molar-refractivity contribution is 0.0661. The molecular formula is C10H15NO5S. The van der Waals surface area contributed by atoms with Gasteiger partial charge in [0, 0.05) is 12.6 Å². The Balaban J connectivity index is 2.95. The lowest BCUT2D eigenvalue weighted by atomic mass is 10.3. The molecule has 6 nitrogen and oxygen atoms in total. The largest absolute Gasteiger partial charge is 0.475 e. The van der Waals surface area contributed by atoms with E-state index in [0.717, 1.165) is 18.9 Å². The lowest BCUT2D eigenvalue weighted by Gasteiger charge is -2.03. The van der Waals surface area contributed by atoms with Crippen LogP contribution in [0, 0.1) is 6.92 Å². The van der Waals surface area contributed by atoms with E-state index in [4.69, 9.17) is 9.52 Å². The van der Waals surface area contributed by atoms with E-state index in [-0.39, 0.29) is 16.4 Å². The van der Waals surface area contributed by atoms with Gasteiger partial charge in [-0.3, -0.25) is 0 Å². The van der Waals surface area contributed by atoms with Gasteiger partial charge in [0.05, 0.1) is 0 Å². The third kappa shape index (κ3) is 3.31. The fraction of sp³-hybridized carbons (Fsp3) is 0.500. The summed E-state index contributed by atoms with van der Waals surface area (Å²) in [6, 6.07) is 1.02. The van der Waals surface area contributed by atoms with Gasteiger partial charge < -0.3 is 9.52 Å². The fourth-order valence-electron chi connectivity index (χ4n) is 1.30. The Morgan fingerprint density at radius 2 is 2.18 bits per heavy atom. The van der Waals surface area contributed by atoms with Gasteiger partial charge in [-0.2, -0.15) is 0 Å². The van der Waals surface area contributed by atoms with Gasteiger partial charge in [-0.1, -0.05) is 13.3 Å². The third-order valence-electron chi connectivity index (χ3n) is 2.19. The van der Waals surface area contributed by atoms with E-state index in [0.29, 0.717) is 6.54 Å². The molecule has 0 saturated carbocycles. The van der Waals surface area contributed by atoms with E-state index < -0.39 is 16.0 Å². The first kappa shape index (κ1) is 13.7. The zero-order valence-electron chi connectivity index (χ0n) is 9.69. The average Bonchev–Trinajstić information content (AvgIpc) is 2.61.